The lowest BCUT2D eigenvalue weighted by Crippen LogP contribution is -2.50. The second-order valence-corrected chi connectivity index (χ2v) is 6.00. The predicted molar refractivity (Wildman–Crippen MR) is 80.4 cm³/mol. The maximum atomic E-state index is 13.5. The number of hydrogen-bond donors (Lipinski definition) is 1. The molecule has 1 aromatic carbocycles. The Morgan fingerprint density at radius 1 is 1.29 bits per heavy atom. The minimum atomic E-state index is -0.655. The summed E-state index contributed by atoms with van der Waals surface area (Å²) in [6.07, 6.45) is -0.396. The summed E-state index contributed by atoms with van der Waals surface area (Å²) in [5, 5.41) is 9.41. The summed E-state index contributed by atoms with van der Waals surface area (Å²) in [5.41, 5.74) is 0.127. The molecule has 4 nitrogen and oxygen atoms in total. The van der Waals surface area contributed by atoms with Gasteiger partial charge < -0.3 is 10.0 Å². The normalized spacial score (nSPS) is 17.9. The fourth-order valence-corrected chi connectivity index (χ4v) is 2.83. The molecule has 116 valence electrons. The lowest BCUT2D eigenvalue weighted by Gasteiger charge is -2.35. The predicted octanol–water partition coefficient (Wildman–Crippen LogP) is 2.27. The molecule has 0 aliphatic carbocycles. The van der Waals surface area contributed by atoms with Crippen LogP contribution < -0.4 is 0 Å². The lowest BCUT2D eigenvalue weighted by atomic mass is 10.1. The molecule has 2 rings (SSSR count). The first-order chi connectivity index (χ1) is 9.88. The van der Waals surface area contributed by atoms with E-state index in [-0.39, 0.29) is 21.5 Å². The average Bonchev–Trinajstić information content (AvgIpc) is 2.42. The maximum absolute atomic E-state index is 13.5. The lowest BCUT2D eigenvalue weighted by molar-refractivity contribution is 0.0554. The molecule has 1 atom stereocenters. The van der Waals surface area contributed by atoms with Crippen LogP contribution in [-0.2, 0) is 0 Å². The number of amides is 1. The van der Waals surface area contributed by atoms with Crippen LogP contribution >= 0.6 is 23.2 Å². The molecule has 0 saturated carbocycles. The second-order valence-electron chi connectivity index (χ2n) is 5.19. The molecular formula is C14H17Cl2FN2O2. The minimum absolute atomic E-state index is 0.0988. The van der Waals surface area contributed by atoms with Crippen molar-refractivity contribution in [2.24, 2.45) is 0 Å². The van der Waals surface area contributed by atoms with Gasteiger partial charge in [-0.05, 0) is 19.1 Å². The summed E-state index contributed by atoms with van der Waals surface area (Å²) < 4.78 is 13.5. The molecule has 1 heterocycles. The highest BCUT2D eigenvalue weighted by Gasteiger charge is 2.24. The van der Waals surface area contributed by atoms with Gasteiger partial charge in [-0.1, -0.05) is 23.2 Å². The standard InChI is InChI=1S/C14H17Cl2FN2O2/c1-9(20)8-18-2-4-19(5-3-18)14(21)10-6-13(17)12(16)7-11(10)15/h6-7,9,20H,2-5,8H2,1H3. The van der Waals surface area contributed by atoms with Crippen molar-refractivity contribution in [3.8, 4) is 0 Å². The van der Waals surface area contributed by atoms with Gasteiger partial charge >= 0.3 is 0 Å². The highest BCUT2D eigenvalue weighted by molar-refractivity contribution is 6.36. The second kappa shape index (κ2) is 6.92. The minimum Gasteiger partial charge on any atom is -0.392 e. The Balaban J connectivity index is 2.04. The zero-order chi connectivity index (χ0) is 15.6. The molecule has 0 aromatic heterocycles. The number of carbonyl (C=O) groups is 1. The number of piperazine rings is 1. The molecule has 1 unspecified atom stereocenters. The van der Waals surface area contributed by atoms with Gasteiger partial charge in [-0.25, -0.2) is 4.39 Å². The Kier molecular flexibility index (Phi) is 5.43. The van der Waals surface area contributed by atoms with Crippen LogP contribution in [0.4, 0.5) is 4.39 Å². The van der Waals surface area contributed by atoms with E-state index >= 15 is 0 Å². The third-order valence-corrected chi connectivity index (χ3v) is 4.02. The Hall–Kier alpha value is -0.880. The van der Waals surface area contributed by atoms with Crippen molar-refractivity contribution >= 4 is 29.1 Å². The quantitative estimate of drug-likeness (QED) is 0.862. The van der Waals surface area contributed by atoms with E-state index in [0.717, 1.165) is 6.07 Å². The van der Waals surface area contributed by atoms with E-state index in [1.165, 1.54) is 6.07 Å². The van der Waals surface area contributed by atoms with Gasteiger partial charge in [-0.15, -0.1) is 0 Å². The van der Waals surface area contributed by atoms with Crippen molar-refractivity contribution in [3.63, 3.8) is 0 Å². The topological polar surface area (TPSA) is 43.8 Å². The Morgan fingerprint density at radius 2 is 1.90 bits per heavy atom. The van der Waals surface area contributed by atoms with Crippen LogP contribution in [0.5, 0.6) is 0 Å². The van der Waals surface area contributed by atoms with Gasteiger partial charge in [0, 0.05) is 32.7 Å². The van der Waals surface area contributed by atoms with Crippen molar-refractivity contribution in [1.82, 2.24) is 9.80 Å². The van der Waals surface area contributed by atoms with Gasteiger partial charge in [0.25, 0.3) is 5.91 Å². The van der Waals surface area contributed by atoms with Gasteiger partial charge in [-0.2, -0.15) is 0 Å². The van der Waals surface area contributed by atoms with Gasteiger partial charge in [0.05, 0.1) is 21.7 Å². The number of rotatable bonds is 3. The number of β-amino-alcohol motifs (C(OH)–C–C–N with tert-alkyl or cyclic N) is 1. The number of benzene rings is 1. The summed E-state index contributed by atoms with van der Waals surface area (Å²) in [6, 6.07) is 2.32. The average molecular weight is 335 g/mol. The van der Waals surface area contributed by atoms with E-state index in [1.54, 1.807) is 11.8 Å². The first kappa shape index (κ1) is 16.5. The first-order valence-electron chi connectivity index (χ1n) is 6.72. The van der Waals surface area contributed by atoms with E-state index in [2.05, 4.69) is 4.90 Å². The van der Waals surface area contributed by atoms with Crippen molar-refractivity contribution in [1.29, 1.82) is 0 Å². The molecule has 7 heteroatoms. The van der Waals surface area contributed by atoms with Gasteiger partial charge in [-0.3, -0.25) is 9.69 Å². The molecule has 0 bridgehead atoms. The van der Waals surface area contributed by atoms with Gasteiger partial charge in [0.2, 0.25) is 0 Å². The fraction of sp³-hybridized carbons (Fsp3) is 0.500. The molecule has 1 fully saturated rings. The Bertz CT molecular complexity index is 532. The molecule has 1 aliphatic rings. The Morgan fingerprint density at radius 3 is 2.48 bits per heavy atom. The monoisotopic (exact) mass is 334 g/mol. The van der Waals surface area contributed by atoms with Gasteiger partial charge in [0.15, 0.2) is 0 Å². The highest BCUT2D eigenvalue weighted by Crippen LogP contribution is 2.25. The van der Waals surface area contributed by atoms with E-state index in [4.69, 9.17) is 23.2 Å². The molecule has 0 radical (unpaired) electrons. The number of nitrogens with zero attached hydrogens (tertiary/aromatic N) is 2. The van der Waals surface area contributed by atoms with Crippen LogP contribution in [-0.4, -0.2) is 59.6 Å². The van der Waals surface area contributed by atoms with Crippen molar-refractivity contribution in [2.45, 2.75) is 13.0 Å². The van der Waals surface area contributed by atoms with Crippen molar-refractivity contribution in [3.05, 3.63) is 33.6 Å². The molecule has 0 spiro atoms. The number of aliphatic hydroxyl groups excluding tert-OH is 1. The van der Waals surface area contributed by atoms with Gasteiger partial charge in [0.1, 0.15) is 5.82 Å². The smallest absolute Gasteiger partial charge is 0.255 e. The molecule has 1 saturated heterocycles. The summed E-state index contributed by atoms with van der Waals surface area (Å²) in [4.78, 5) is 16.1. The number of halogens is 3. The maximum Gasteiger partial charge on any atom is 0.255 e. The number of hydrogen-bond acceptors (Lipinski definition) is 3. The Labute approximate surface area is 133 Å². The van der Waals surface area contributed by atoms with Crippen LogP contribution in [0.25, 0.3) is 0 Å². The molecule has 21 heavy (non-hydrogen) atoms. The van der Waals surface area contributed by atoms with Crippen LogP contribution in [0, 0.1) is 5.82 Å². The molecule has 1 aliphatic heterocycles. The summed E-state index contributed by atoms with van der Waals surface area (Å²) in [6.45, 7) is 4.69. The summed E-state index contributed by atoms with van der Waals surface area (Å²) in [5.74, 6) is -0.954. The summed E-state index contributed by atoms with van der Waals surface area (Å²) in [7, 11) is 0. The summed E-state index contributed by atoms with van der Waals surface area (Å²) >= 11 is 11.6. The third kappa shape index (κ3) is 4.07. The molecule has 1 amide bonds. The van der Waals surface area contributed by atoms with Crippen LogP contribution in [0.3, 0.4) is 0 Å². The van der Waals surface area contributed by atoms with E-state index < -0.39 is 11.9 Å². The van der Waals surface area contributed by atoms with Crippen molar-refractivity contribution < 1.29 is 14.3 Å². The van der Waals surface area contributed by atoms with Crippen LogP contribution in [0.1, 0.15) is 17.3 Å². The molecular weight excluding hydrogens is 318 g/mol. The number of aliphatic hydroxyl groups is 1. The highest BCUT2D eigenvalue weighted by atomic mass is 35.5. The van der Waals surface area contributed by atoms with E-state index in [1.807, 2.05) is 0 Å². The van der Waals surface area contributed by atoms with E-state index in [0.29, 0.717) is 32.7 Å². The largest absolute Gasteiger partial charge is 0.392 e. The fourth-order valence-electron chi connectivity index (χ4n) is 2.36. The van der Waals surface area contributed by atoms with Crippen LogP contribution in [0.15, 0.2) is 12.1 Å². The SMILES string of the molecule is CC(O)CN1CCN(C(=O)c2cc(F)c(Cl)cc2Cl)CC1. The van der Waals surface area contributed by atoms with E-state index in [9.17, 15) is 14.3 Å². The molecule has 1 aromatic rings. The zero-order valence-electron chi connectivity index (χ0n) is 11.7. The first-order valence-corrected chi connectivity index (χ1v) is 7.48. The van der Waals surface area contributed by atoms with Crippen molar-refractivity contribution in [2.75, 3.05) is 32.7 Å². The third-order valence-electron chi connectivity index (χ3n) is 3.42. The number of carbonyl (C=O) groups excluding carboxylic acids is 1. The van der Waals surface area contributed by atoms with Crippen LogP contribution in [0.2, 0.25) is 10.0 Å². The molecule has 1 N–H and O–H groups in total. The zero-order valence-corrected chi connectivity index (χ0v) is 13.2.